The maximum absolute atomic E-state index is 12.6. The van der Waals surface area contributed by atoms with E-state index in [9.17, 15) is 13.2 Å². The molecule has 27 heavy (non-hydrogen) atoms. The van der Waals surface area contributed by atoms with Crippen LogP contribution in [-0.4, -0.2) is 35.1 Å². The van der Waals surface area contributed by atoms with Crippen LogP contribution in [-0.2, 0) is 10.0 Å². The van der Waals surface area contributed by atoms with Gasteiger partial charge in [-0.2, -0.15) is 0 Å². The van der Waals surface area contributed by atoms with Crippen molar-refractivity contribution in [1.82, 2.24) is 5.32 Å². The van der Waals surface area contributed by atoms with E-state index in [0.29, 0.717) is 35.2 Å². The SMILES string of the molecule is COc1ccc(S(=O)(=O)Nc2ccc(C(=O)NCC(C)C)cc2)cc1OC. The normalized spacial score (nSPS) is 11.1. The molecule has 0 spiro atoms. The fraction of sp³-hybridized carbons (Fsp3) is 0.316. The molecule has 0 saturated heterocycles. The highest BCUT2D eigenvalue weighted by atomic mass is 32.2. The quantitative estimate of drug-likeness (QED) is 0.720. The average Bonchev–Trinajstić information content (AvgIpc) is 2.65. The van der Waals surface area contributed by atoms with Crippen LogP contribution < -0.4 is 19.5 Å². The Morgan fingerprint density at radius 3 is 2.19 bits per heavy atom. The summed E-state index contributed by atoms with van der Waals surface area (Å²) in [5.74, 6) is 0.908. The molecule has 0 fully saturated rings. The van der Waals surface area contributed by atoms with Crippen molar-refractivity contribution in [2.24, 2.45) is 5.92 Å². The van der Waals surface area contributed by atoms with Gasteiger partial charge in [-0.25, -0.2) is 8.42 Å². The second kappa shape index (κ2) is 8.77. The first-order valence-electron chi connectivity index (χ1n) is 8.40. The van der Waals surface area contributed by atoms with Crippen molar-refractivity contribution in [1.29, 1.82) is 0 Å². The van der Waals surface area contributed by atoms with Crippen molar-refractivity contribution >= 4 is 21.6 Å². The zero-order chi connectivity index (χ0) is 20.0. The molecule has 2 aromatic carbocycles. The number of methoxy groups -OCH3 is 2. The number of amides is 1. The van der Waals surface area contributed by atoms with E-state index < -0.39 is 10.0 Å². The first kappa shape index (κ1) is 20.6. The van der Waals surface area contributed by atoms with E-state index >= 15 is 0 Å². The minimum atomic E-state index is -3.81. The van der Waals surface area contributed by atoms with Crippen molar-refractivity contribution in [2.75, 3.05) is 25.5 Å². The fourth-order valence-corrected chi connectivity index (χ4v) is 3.36. The summed E-state index contributed by atoms with van der Waals surface area (Å²) in [6.45, 7) is 4.59. The summed E-state index contributed by atoms with van der Waals surface area (Å²) in [4.78, 5) is 12.1. The summed E-state index contributed by atoms with van der Waals surface area (Å²) in [6.07, 6.45) is 0. The molecule has 8 heteroatoms. The summed E-state index contributed by atoms with van der Waals surface area (Å²) in [7, 11) is -0.901. The molecule has 0 bridgehead atoms. The number of ether oxygens (including phenoxy) is 2. The Balaban J connectivity index is 2.15. The molecule has 0 atom stereocenters. The molecule has 0 aliphatic carbocycles. The number of hydrogen-bond donors (Lipinski definition) is 2. The Bertz CT molecular complexity index is 893. The third kappa shape index (κ3) is 5.37. The maximum atomic E-state index is 12.6. The molecule has 0 radical (unpaired) electrons. The number of anilines is 1. The van der Waals surface area contributed by atoms with E-state index in [0.717, 1.165) is 0 Å². The summed E-state index contributed by atoms with van der Waals surface area (Å²) in [5.41, 5.74) is 0.815. The second-order valence-electron chi connectivity index (χ2n) is 6.30. The van der Waals surface area contributed by atoms with E-state index in [1.54, 1.807) is 24.3 Å². The molecule has 0 unspecified atom stereocenters. The highest BCUT2D eigenvalue weighted by Crippen LogP contribution is 2.30. The molecular weight excluding hydrogens is 368 g/mol. The van der Waals surface area contributed by atoms with Crippen LogP contribution in [0.25, 0.3) is 0 Å². The summed E-state index contributed by atoms with van der Waals surface area (Å²) in [5, 5.41) is 2.81. The van der Waals surface area contributed by atoms with Gasteiger partial charge in [-0.1, -0.05) is 13.8 Å². The van der Waals surface area contributed by atoms with E-state index in [1.165, 1.54) is 32.4 Å². The zero-order valence-electron chi connectivity index (χ0n) is 15.8. The van der Waals surface area contributed by atoms with E-state index in [2.05, 4.69) is 10.0 Å². The predicted molar refractivity (Wildman–Crippen MR) is 104 cm³/mol. The Labute approximate surface area is 159 Å². The molecule has 0 aliphatic rings. The highest BCUT2D eigenvalue weighted by Gasteiger charge is 2.17. The summed E-state index contributed by atoms with van der Waals surface area (Å²) in [6, 6.07) is 10.6. The van der Waals surface area contributed by atoms with Crippen LogP contribution in [0.15, 0.2) is 47.4 Å². The molecule has 7 nitrogen and oxygen atoms in total. The average molecular weight is 392 g/mol. The molecule has 0 saturated carbocycles. The van der Waals surface area contributed by atoms with Crippen LogP contribution in [0.3, 0.4) is 0 Å². The topological polar surface area (TPSA) is 93.7 Å². The Hall–Kier alpha value is -2.74. The third-order valence-electron chi connectivity index (χ3n) is 3.74. The van der Waals surface area contributed by atoms with Gasteiger partial charge in [0.2, 0.25) is 0 Å². The molecule has 2 aromatic rings. The lowest BCUT2D eigenvalue weighted by Crippen LogP contribution is -2.27. The lowest BCUT2D eigenvalue weighted by Gasteiger charge is -2.12. The Kier molecular flexibility index (Phi) is 6.68. The van der Waals surface area contributed by atoms with E-state index in [-0.39, 0.29) is 10.8 Å². The van der Waals surface area contributed by atoms with Gasteiger partial charge in [-0.3, -0.25) is 9.52 Å². The van der Waals surface area contributed by atoms with Crippen molar-refractivity contribution in [2.45, 2.75) is 18.7 Å². The van der Waals surface area contributed by atoms with Crippen LogP contribution in [0.1, 0.15) is 24.2 Å². The summed E-state index contributed by atoms with van der Waals surface area (Å²) < 4.78 is 37.9. The number of nitrogens with one attached hydrogen (secondary N) is 2. The number of benzene rings is 2. The monoisotopic (exact) mass is 392 g/mol. The van der Waals surface area contributed by atoms with E-state index in [1.807, 2.05) is 13.8 Å². The van der Waals surface area contributed by atoms with Crippen molar-refractivity contribution < 1.29 is 22.7 Å². The van der Waals surface area contributed by atoms with Gasteiger partial charge in [-0.05, 0) is 42.3 Å². The minimum absolute atomic E-state index is 0.0407. The van der Waals surface area contributed by atoms with Gasteiger partial charge < -0.3 is 14.8 Å². The molecule has 0 heterocycles. The number of carbonyl (C=O) groups excluding carboxylic acids is 1. The minimum Gasteiger partial charge on any atom is -0.493 e. The smallest absolute Gasteiger partial charge is 0.262 e. The van der Waals surface area contributed by atoms with Crippen LogP contribution in [0.5, 0.6) is 11.5 Å². The molecular formula is C19H24N2O5S. The van der Waals surface area contributed by atoms with Crippen LogP contribution in [0.4, 0.5) is 5.69 Å². The van der Waals surface area contributed by atoms with Gasteiger partial charge >= 0.3 is 0 Å². The fourth-order valence-electron chi connectivity index (χ4n) is 2.29. The van der Waals surface area contributed by atoms with Gasteiger partial charge in [-0.15, -0.1) is 0 Å². The van der Waals surface area contributed by atoms with Crippen molar-refractivity contribution in [3.05, 3.63) is 48.0 Å². The van der Waals surface area contributed by atoms with Gasteiger partial charge in [0.25, 0.3) is 15.9 Å². The lowest BCUT2D eigenvalue weighted by molar-refractivity contribution is 0.0949. The van der Waals surface area contributed by atoms with Gasteiger partial charge in [0.05, 0.1) is 19.1 Å². The van der Waals surface area contributed by atoms with Crippen LogP contribution in [0, 0.1) is 5.92 Å². The van der Waals surface area contributed by atoms with E-state index in [4.69, 9.17) is 9.47 Å². The standard InChI is InChI=1S/C19H24N2O5S/c1-13(2)12-20-19(22)14-5-7-15(8-6-14)21-27(23,24)16-9-10-17(25-3)18(11-16)26-4/h5-11,13,21H,12H2,1-4H3,(H,20,22). The van der Waals surface area contributed by atoms with Crippen molar-refractivity contribution in [3.8, 4) is 11.5 Å². The van der Waals surface area contributed by atoms with Crippen molar-refractivity contribution in [3.63, 3.8) is 0 Å². The third-order valence-corrected chi connectivity index (χ3v) is 5.11. The van der Waals surface area contributed by atoms with Gasteiger partial charge in [0.1, 0.15) is 0 Å². The summed E-state index contributed by atoms with van der Waals surface area (Å²) >= 11 is 0. The second-order valence-corrected chi connectivity index (χ2v) is 7.99. The number of carbonyl (C=O) groups is 1. The molecule has 1 amide bonds. The van der Waals surface area contributed by atoms with Crippen LogP contribution >= 0.6 is 0 Å². The zero-order valence-corrected chi connectivity index (χ0v) is 16.6. The lowest BCUT2D eigenvalue weighted by atomic mass is 10.2. The van der Waals surface area contributed by atoms with Crippen LogP contribution in [0.2, 0.25) is 0 Å². The molecule has 0 aliphatic heterocycles. The molecule has 2 rings (SSSR count). The largest absolute Gasteiger partial charge is 0.493 e. The first-order chi connectivity index (χ1) is 12.8. The van der Waals surface area contributed by atoms with Gasteiger partial charge in [0, 0.05) is 23.9 Å². The molecule has 146 valence electrons. The number of rotatable bonds is 8. The molecule has 2 N–H and O–H groups in total. The Morgan fingerprint density at radius 2 is 1.63 bits per heavy atom. The highest BCUT2D eigenvalue weighted by molar-refractivity contribution is 7.92. The number of sulfonamides is 1. The molecule has 0 aromatic heterocycles. The predicted octanol–water partition coefficient (Wildman–Crippen LogP) is 2.89. The number of hydrogen-bond acceptors (Lipinski definition) is 5. The van der Waals surface area contributed by atoms with Gasteiger partial charge in [0.15, 0.2) is 11.5 Å². The Morgan fingerprint density at radius 1 is 1.00 bits per heavy atom. The first-order valence-corrected chi connectivity index (χ1v) is 9.88. The maximum Gasteiger partial charge on any atom is 0.262 e.